The molecule has 9 nitrogen and oxygen atoms in total. The number of nitrogens with one attached hydrogen (secondary N) is 2. The van der Waals surface area contributed by atoms with E-state index in [1.54, 1.807) is 5.38 Å². The van der Waals surface area contributed by atoms with Crippen molar-refractivity contribution >= 4 is 43.0 Å². The standard InChI is InChI=1S/C19H23N3O6S3/c1-28-16-7-6-14(30(24,25)21-13-4-5-13)12-15(16)20-19(23)18-17(8-11-29-18)31(26,27)22-9-2-3-10-22/h6-8,11-13,21H,2-5,9-10H2,1H3,(H,20,23). The van der Waals surface area contributed by atoms with E-state index in [1.807, 2.05) is 0 Å². The Morgan fingerprint density at radius 2 is 1.84 bits per heavy atom. The van der Waals surface area contributed by atoms with E-state index in [2.05, 4.69) is 10.0 Å². The minimum Gasteiger partial charge on any atom is -0.495 e. The molecule has 2 fully saturated rings. The van der Waals surface area contributed by atoms with Crippen molar-refractivity contribution in [2.45, 2.75) is 41.5 Å². The fraction of sp³-hybridized carbons (Fsp3) is 0.421. The van der Waals surface area contributed by atoms with E-state index in [1.165, 1.54) is 35.7 Å². The summed E-state index contributed by atoms with van der Waals surface area (Å²) in [4.78, 5) is 13.0. The summed E-state index contributed by atoms with van der Waals surface area (Å²) in [6.07, 6.45) is 3.17. The van der Waals surface area contributed by atoms with Gasteiger partial charge >= 0.3 is 0 Å². The Morgan fingerprint density at radius 3 is 2.48 bits per heavy atom. The molecule has 1 amide bonds. The van der Waals surface area contributed by atoms with Crippen LogP contribution in [0.3, 0.4) is 0 Å². The molecule has 1 aromatic heterocycles. The minimum absolute atomic E-state index is 0.00779. The number of carbonyl (C=O) groups excluding carboxylic acids is 1. The quantitative estimate of drug-likeness (QED) is 0.591. The number of methoxy groups -OCH3 is 1. The van der Waals surface area contributed by atoms with Gasteiger partial charge in [-0.15, -0.1) is 11.3 Å². The molecule has 2 aromatic rings. The topological polar surface area (TPSA) is 122 Å². The fourth-order valence-corrected chi connectivity index (χ4v) is 7.50. The van der Waals surface area contributed by atoms with Gasteiger partial charge in [0, 0.05) is 19.1 Å². The average molecular weight is 486 g/mol. The lowest BCUT2D eigenvalue weighted by atomic mass is 10.3. The lowest BCUT2D eigenvalue weighted by molar-refractivity contribution is 0.102. The van der Waals surface area contributed by atoms with E-state index in [9.17, 15) is 21.6 Å². The van der Waals surface area contributed by atoms with E-state index >= 15 is 0 Å². The summed E-state index contributed by atoms with van der Waals surface area (Å²) < 4.78 is 60.1. The molecule has 2 heterocycles. The highest BCUT2D eigenvalue weighted by atomic mass is 32.2. The van der Waals surface area contributed by atoms with E-state index in [4.69, 9.17) is 4.74 Å². The second kappa shape index (κ2) is 8.51. The first-order chi connectivity index (χ1) is 14.7. The molecule has 0 atom stereocenters. The van der Waals surface area contributed by atoms with E-state index in [-0.39, 0.29) is 32.1 Å². The molecule has 1 aromatic carbocycles. The maximum absolute atomic E-state index is 13.0. The van der Waals surface area contributed by atoms with Crippen molar-refractivity contribution in [2.24, 2.45) is 0 Å². The Morgan fingerprint density at radius 1 is 1.13 bits per heavy atom. The van der Waals surface area contributed by atoms with E-state index < -0.39 is 26.0 Å². The highest BCUT2D eigenvalue weighted by Gasteiger charge is 2.32. The first-order valence-corrected chi connectivity index (χ1v) is 13.6. The van der Waals surface area contributed by atoms with Crippen LogP contribution < -0.4 is 14.8 Å². The largest absolute Gasteiger partial charge is 0.495 e. The van der Waals surface area contributed by atoms with Gasteiger partial charge in [-0.05, 0) is 55.3 Å². The number of carbonyl (C=O) groups is 1. The summed E-state index contributed by atoms with van der Waals surface area (Å²) in [6, 6.07) is 5.52. The Bertz CT molecular complexity index is 1200. The molecule has 168 valence electrons. The zero-order valence-electron chi connectivity index (χ0n) is 16.8. The normalized spacial score (nSPS) is 17.6. The first-order valence-electron chi connectivity index (χ1n) is 9.82. The molecule has 1 saturated carbocycles. The average Bonchev–Trinajstić information content (AvgIpc) is 3.20. The molecular weight excluding hydrogens is 462 g/mol. The van der Waals surface area contributed by atoms with Crippen LogP contribution >= 0.6 is 11.3 Å². The van der Waals surface area contributed by atoms with Crippen molar-refractivity contribution in [1.29, 1.82) is 0 Å². The number of amides is 1. The van der Waals surface area contributed by atoms with Crippen LogP contribution in [0.5, 0.6) is 5.75 Å². The molecule has 31 heavy (non-hydrogen) atoms. The van der Waals surface area contributed by atoms with Crippen LogP contribution in [-0.2, 0) is 20.0 Å². The van der Waals surface area contributed by atoms with Gasteiger partial charge in [-0.3, -0.25) is 4.79 Å². The van der Waals surface area contributed by atoms with Crippen LogP contribution in [-0.4, -0.2) is 53.3 Å². The Hall–Kier alpha value is -1.99. The van der Waals surface area contributed by atoms with Crippen LogP contribution in [0.2, 0.25) is 0 Å². The summed E-state index contributed by atoms with van der Waals surface area (Å²) in [5, 5.41) is 4.17. The van der Waals surface area contributed by atoms with Crippen molar-refractivity contribution in [1.82, 2.24) is 9.03 Å². The van der Waals surface area contributed by atoms with Gasteiger partial charge in [-0.25, -0.2) is 21.6 Å². The van der Waals surface area contributed by atoms with Crippen LogP contribution in [0.15, 0.2) is 39.4 Å². The van der Waals surface area contributed by atoms with Crippen molar-refractivity contribution in [2.75, 3.05) is 25.5 Å². The highest BCUT2D eigenvalue weighted by Crippen LogP contribution is 2.32. The molecule has 2 N–H and O–H groups in total. The summed E-state index contributed by atoms with van der Waals surface area (Å²) in [5.41, 5.74) is 0.143. The number of nitrogens with zero attached hydrogens (tertiary/aromatic N) is 1. The summed E-state index contributed by atoms with van der Waals surface area (Å²) in [6.45, 7) is 0.863. The van der Waals surface area contributed by atoms with Crippen LogP contribution in [0.4, 0.5) is 5.69 Å². The van der Waals surface area contributed by atoms with E-state index in [0.29, 0.717) is 13.1 Å². The zero-order valence-corrected chi connectivity index (χ0v) is 19.3. The molecule has 1 saturated heterocycles. The number of sulfonamides is 2. The summed E-state index contributed by atoms with van der Waals surface area (Å²) >= 11 is 1.01. The van der Waals surface area contributed by atoms with Crippen molar-refractivity contribution in [3.8, 4) is 5.75 Å². The zero-order chi connectivity index (χ0) is 22.2. The molecule has 2 aliphatic rings. The highest BCUT2D eigenvalue weighted by molar-refractivity contribution is 7.89. The predicted octanol–water partition coefficient (Wildman–Crippen LogP) is 2.23. The minimum atomic E-state index is -3.77. The second-order valence-electron chi connectivity index (χ2n) is 7.44. The fourth-order valence-electron chi connectivity index (χ4n) is 3.35. The number of thiophene rings is 1. The molecule has 1 aliphatic heterocycles. The molecular formula is C19H23N3O6S3. The summed E-state index contributed by atoms with van der Waals surface area (Å²) in [7, 11) is -6.11. The van der Waals surface area contributed by atoms with Crippen molar-refractivity contribution in [3.05, 3.63) is 34.5 Å². The number of rotatable bonds is 8. The number of hydrogen-bond acceptors (Lipinski definition) is 7. The van der Waals surface area contributed by atoms with Crippen LogP contribution in [0.25, 0.3) is 0 Å². The van der Waals surface area contributed by atoms with Gasteiger partial charge in [0.25, 0.3) is 5.91 Å². The molecule has 12 heteroatoms. The third-order valence-electron chi connectivity index (χ3n) is 5.15. The van der Waals surface area contributed by atoms with Crippen molar-refractivity contribution in [3.63, 3.8) is 0 Å². The number of ether oxygens (including phenoxy) is 1. The first kappa shape index (κ1) is 22.2. The number of benzene rings is 1. The van der Waals surface area contributed by atoms with Gasteiger partial charge in [0.2, 0.25) is 20.0 Å². The molecule has 0 bridgehead atoms. The number of hydrogen-bond donors (Lipinski definition) is 2. The van der Waals surface area contributed by atoms with Gasteiger partial charge in [-0.1, -0.05) is 0 Å². The van der Waals surface area contributed by atoms with Gasteiger partial charge in [0.1, 0.15) is 15.5 Å². The SMILES string of the molecule is COc1ccc(S(=O)(=O)NC2CC2)cc1NC(=O)c1sccc1S(=O)(=O)N1CCCC1. The van der Waals surface area contributed by atoms with Crippen LogP contribution in [0, 0.1) is 0 Å². The Kier molecular flexibility index (Phi) is 6.10. The van der Waals surface area contributed by atoms with Gasteiger partial charge < -0.3 is 10.1 Å². The maximum atomic E-state index is 13.0. The molecule has 1 aliphatic carbocycles. The Labute approximate surface area is 185 Å². The van der Waals surface area contributed by atoms with Gasteiger partial charge in [-0.2, -0.15) is 4.31 Å². The lowest BCUT2D eigenvalue weighted by Gasteiger charge is -2.16. The third-order valence-corrected chi connectivity index (χ3v) is 9.65. The smallest absolute Gasteiger partial charge is 0.267 e. The predicted molar refractivity (Wildman–Crippen MR) is 117 cm³/mol. The lowest BCUT2D eigenvalue weighted by Crippen LogP contribution is -2.29. The third kappa shape index (κ3) is 4.62. The number of anilines is 1. The van der Waals surface area contributed by atoms with Crippen molar-refractivity contribution < 1.29 is 26.4 Å². The molecule has 4 rings (SSSR count). The molecule has 0 radical (unpaired) electrons. The maximum Gasteiger partial charge on any atom is 0.267 e. The molecule has 0 unspecified atom stereocenters. The second-order valence-corrected chi connectivity index (χ2v) is 12.0. The Balaban J connectivity index is 1.62. The van der Waals surface area contributed by atoms with Gasteiger partial charge in [0.05, 0.1) is 17.7 Å². The van der Waals surface area contributed by atoms with E-state index in [0.717, 1.165) is 37.0 Å². The molecule has 0 spiro atoms. The van der Waals surface area contributed by atoms with Crippen LogP contribution in [0.1, 0.15) is 35.4 Å². The van der Waals surface area contributed by atoms with Gasteiger partial charge in [0.15, 0.2) is 0 Å². The monoisotopic (exact) mass is 485 g/mol. The summed E-state index contributed by atoms with van der Waals surface area (Å²) in [5.74, 6) is -0.380.